The first kappa shape index (κ1) is 13.2. The van der Waals surface area contributed by atoms with Crippen molar-refractivity contribution in [2.45, 2.75) is 18.2 Å². The number of hydrogen-bond donors (Lipinski definition) is 0. The quantitative estimate of drug-likeness (QED) is 0.612. The summed E-state index contributed by atoms with van der Waals surface area (Å²) in [4.78, 5) is 6.08. The molecule has 20 heavy (non-hydrogen) atoms. The minimum absolute atomic E-state index is 1.05. The van der Waals surface area contributed by atoms with Crippen molar-refractivity contribution in [1.29, 1.82) is 0 Å². The van der Waals surface area contributed by atoms with Crippen molar-refractivity contribution in [1.82, 2.24) is 4.98 Å². The molecule has 0 spiro atoms. The number of aromatic nitrogens is 1. The second kappa shape index (κ2) is 5.68. The highest BCUT2D eigenvalue weighted by Gasteiger charge is 2.06. The lowest BCUT2D eigenvalue weighted by atomic mass is 10.1. The number of rotatable bonds is 3. The van der Waals surface area contributed by atoms with E-state index >= 15 is 0 Å². The Kier molecular flexibility index (Phi) is 3.75. The first-order valence-corrected chi connectivity index (χ1v) is 8.07. The van der Waals surface area contributed by atoms with Crippen LogP contribution in [0.25, 0.3) is 22.2 Å². The summed E-state index contributed by atoms with van der Waals surface area (Å²) in [5, 5.41) is 1.22. The SMILES string of the molecule is CCc1ccc2nc(-c3ccccc3SC)ccc2c1. The number of benzene rings is 2. The topological polar surface area (TPSA) is 12.9 Å². The first-order chi connectivity index (χ1) is 9.81. The minimum atomic E-state index is 1.05. The molecule has 0 saturated carbocycles. The average Bonchev–Trinajstić information content (AvgIpc) is 2.53. The number of fused-ring (bicyclic) bond motifs is 1. The second-order valence-electron chi connectivity index (χ2n) is 4.78. The molecule has 0 amide bonds. The van der Waals surface area contributed by atoms with Crippen molar-refractivity contribution < 1.29 is 0 Å². The van der Waals surface area contributed by atoms with Crippen LogP contribution in [0.15, 0.2) is 59.5 Å². The molecule has 0 bridgehead atoms. The summed E-state index contributed by atoms with van der Waals surface area (Å²) in [7, 11) is 0. The lowest BCUT2D eigenvalue weighted by Gasteiger charge is -2.08. The zero-order valence-electron chi connectivity index (χ0n) is 11.8. The molecule has 2 heteroatoms. The molecule has 1 nitrogen and oxygen atoms in total. The molecule has 2 aromatic carbocycles. The third kappa shape index (κ3) is 2.44. The Morgan fingerprint density at radius 2 is 1.85 bits per heavy atom. The van der Waals surface area contributed by atoms with E-state index in [0.29, 0.717) is 0 Å². The molecule has 0 aliphatic carbocycles. The number of thioether (sulfide) groups is 1. The van der Waals surface area contributed by atoms with Gasteiger partial charge in [-0.15, -0.1) is 11.8 Å². The molecule has 0 atom stereocenters. The fourth-order valence-electron chi connectivity index (χ4n) is 2.40. The lowest BCUT2D eigenvalue weighted by molar-refractivity contribution is 1.14. The van der Waals surface area contributed by atoms with Crippen LogP contribution in [-0.4, -0.2) is 11.2 Å². The van der Waals surface area contributed by atoms with Gasteiger partial charge in [-0.05, 0) is 42.5 Å². The third-order valence-electron chi connectivity index (χ3n) is 3.54. The van der Waals surface area contributed by atoms with Crippen LogP contribution in [-0.2, 0) is 6.42 Å². The Labute approximate surface area is 124 Å². The van der Waals surface area contributed by atoms with Gasteiger partial charge in [-0.2, -0.15) is 0 Å². The van der Waals surface area contributed by atoms with Gasteiger partial charge in [-0.3, -0.25) is 0 Å². The van der Waals surface area contributed by atoms with E-state index in [1.54, 1.807) is 11.8 Å². The van der Waals surface area contributed by atoms with Crippen LogP contribution < -0.4 is 0 Å². The molecule has 100 valence electrons. The highest BCUT2D eigenvalue weighted by Crippen LogP contribution is 2.30. The van der Waals surface area contributed by atoms with E-state index in [2.05, 4.69) is 67.8 Å². The fraction of sp³-hybridized carbons (Fsp3) is 0.167. The lowest BCUT2D eigenvalue weighted by Crippen LogP contribution is -1.88. The van der Waals surface area contributed by atoms with E-state index in [0.717, 1.165) is 17.6 Å². The molecular formula is C18H17NS. The monoisotopic (exact) mass is 279 g/mol. The van der Waals surface area contributed by atoms with Gasteiger partial charge < -0.3 is 0 Å². The second-order valence-corrected chi connectivity index (χ2v) is 5.63. The Hall–Kier alpha value is -1.80. The summed E-state index contributed by atoms with van der Waals surface area (Å²) >= 11 is 1.76. The smallest absolute Gasteiger partial charge is 0.0720 e. The molecule has 1 heterocycles. The van der Waals surface area contributed by atoms with Crippen molar-refractivity contribution in [3.63, 3.8) is 0 Å². The summed E-state index contributed by atoms with van der Waals surface area (Å²) < 4.78 is 0. The Balaban J connectivity index is 2.13. The van der Waals surface area contributed by atoms with Crippen molar-refractivity contribution in [3.05, 3.63) is 60.2 Å². The van der Waals surface area contributed by atoms with Crippen LogP contribution in [0.3, 0.4) is 0 Å². The minimum Gasteiger partial charge on any atom is -0.248 e. The van der Waals surface area contributed by atoms with Crippen molar-refractivity contribution >= 4 is 22.7 Å². The molecule has 0 unspecified atom stereocenters. The molecule has 3 aromatic rings. The number of pyridine rings is 1. The third-order valence-corrected chi connectivity index (χ3v) is 4.34. The van der Waals surface area contributed by atoms with Gasteiger partial charge in [0.25, 0.3) is 0 Å². The zero-order chi connectivity index (χ0) is 13.9. The van der Waals surface area contributed by atoms with Gasteiger partial charge in [-0.25, -0.2) is 4.98 Å². The van der Waals surface area contributed by atoms with Crippen molar-refractivity contribution in [2.75, 3.05) is 6.26 Å². The Morgan fingerprint density at radius 1 is 1.00 bits per heavy atom. The van der Waals surface area contributed by atoms with E-state index in [1.165, 1.54) is 21.4 Å². The summed E-state index contributed by atoms with van der Waals surface area (Å²) in [6.45, 7) is 2.18. The maximum absolute atomic E-state index is 4.82. The summed E-state index contributed by atoms with van der Waals surface area (Å²) in [5.74, 6) is 0. The van der Waals surface area contributed by atoms with Crippen LogP contribution in [0.1, 0.15) is 12.5 Å². The summed E-state index contributed by atoms with van der Waals surface area (Å²) in [6, 6.07) is 19.2. The Morgan fingerprint density at radius 3 is 2.65 bits per heavy atom. The number of nitrogens with zero attached hydrogens (tertiary/aromatic N) is 1. The Bertz CT molecular complexity index is 749. The van der Waals surface area contributed by atoms with Gasteiger partial charge in [0.05, 0.1) is 11.2 Å². The standard InChI is InChI=1S/C18H17NS/c1-3-13-8-10-16-14(12-13)9-11-17(19-16)15-6-4-5-7-18(15)20-2/h4-12H,3H2,1-2H3. The van der Waals surface area contributed by atoms with Gasteiger partial charge >= 0.3 is 0 Å². The van der Waals surface area contributed by atoms with Gasteiger partial charge in [0.1, 0.15) is 0 Å². The largest absolute Gasteiger partial charge is 0.248 e. The summed E-state index contributed by atoms with van der Waals surface area (Å²) in [6.07, 6.45) is 3.17. The fourth-order valence-corrected chi connectivity index (χ4v) is 3.01. The van der Waals surface area contributed by atoms with Gasteiger partial charge in [0.2, 0.25) is 0 Å². The zero-order valence-corrected chi connectivity index (χ0v) is 12.6. The number of hydrogen-bond acceptors (Lipinski definition) is 2. The van der Waals surface area contributed by atoms with Gasteiger partial charge in [0, 0.05) is 15.8 Å². The van der Waals surface area contributed by atoms with Crippen molar-refractivity contribution in [2.24, 2.45) is 0 Å². The molecule has 0 saturated heterocycles. The van der Waals surface area contributed by atoms with Crippen LogP contribution in [0.5, 0.6) is 0 Å². The molecule has 0 N–H and O–H groups in total. The van der Waals surface area contributed by atoms with Crippen molar-refractivity contribution in [3.8, 4) is 11.3 Å². The van der Waals surface area contributed by atoms with Crippen LogP contribution >= 0.6 is 11.8 Å². The van der Waals surface area contributed by atoms with Gasteiger partial charge in [0.15, 0.2) is 0 Å². The molecule has 3 rings (SSSR count). The average molecular weight is 279 g/mol. The van der Waals surface area contributed by atoms with E-state index < -0.39 is 0 Å². The predicted octanol–water partition coefficient (Wildman–Crippen LogP) is 5.19. The highest BCUT2D eigenvalue weighted by molar-refractivity contribution is 7.98. The van der Waals surface area contributed by atoms with E-state index in [4.69, 9.17) is 4.98 Å². The molecule has 1 aromatic heterocycles. The van der Waals surface area contributed by atoms with Crippen LogP contribution in [0.2, 0.25) is 0 Å². The van der Waals surface area contributed by atoms with Gasteiger partial charge in [-0.1, -0.05) is 37.3 Å². The predicted molar refractivity (Wildman–Crippen MR) is 88.3 cm³/mol. The number of aryl methyl sites for hydroxylation is 1. The van der Waals surface area contributed by atoms with E-state index in [9.17, 15) is 0 Å². The van der Waals surface area contributed by atoms with E-state index in [-0.39, 0.29) is 0 Å². The normalized spacial score (nSPS) is 10.9. The molecule has 0 fully saturated rings. The maximum Gasteiger partial charge on any atom is 0.0720 e. The molecule has 0 aliphatic rings. The first-order valence-electron chi connectivity index (χ1n) is 6.85. The molecular weight excluding hydrogens is 262 g/mol. The maximum atomic E-state index is 4.82. The highest BCUT2D eigenvalue weighted by atomic mass is 32.2. The summed E-state index contributed by atoms with van der Waals surface area (Å²) in [5.41, 5.74) is 4.68. The van der Waals surface area contributed by atoms with Crippen LogP contribution in [0, 0.1) is 0 Å². The molecule has 0 radical (unpaired) electrons. The molecule has 0 aliphatic heterocycles. The van der Waals surface area contributed by atoms with Crippen LogP contribution in [0.4, 0.5) is 0 Å². The van der Waals surface area contributed by atoms with E-state index in [1.807, 2.05) is 0 Å².